The first-order valence-electron chi connectivity index (χ1n) is 7.61. The Balaban J connectivity index is 0.000000382. The van der Waals surface area contributed by atoms with Crippen LogP contribution in [-0.2, 0) is 0 Å². The molecule has 0 aliphatic heterocycles. The highest BCUT2D eigenvalue weighted by Crippen LogP contribution is 2.14. The SMILES string of the molecule is CC(C)CCCCCCCO.O=C(O)c1ccccc1O. The van der Waals surface area contributed by atoms with Crippen LogP contribution >= 0.6 is 0 Å². The lowest BCUT2D eigenvalue weighted by Crippen LogP contribution is -1.95. The second-order valence-corrected chi connectivity index (χ2v) is 5.50. The Morgan fingerprint density at radius 1 is 1.05 bits per heavy atom. The summed E-state index contributed by atoms with van der Waals surface area (Å²) in [5, 5.41) is 25.8. The number of aliphatic hydroxyl groups excluding tert-OH is 1. The van der Waals surface area contributed by atoms with Crippen molar-refractivity contribution in [2.45, 2.75) is 52.4 Å². The largest absolute Gasteiger partial charge is 0.507 e. The number of carbonyl (C=O) groups is 1. The van der Waals surface area contributed by atoms with Crippen LogP contribution in [0.5, 0.6) is 5.75 Å². The van der Waals surface area contributed by atoms with Gasteiger partial charge in [-0.2, -0.15) is 0 Å². The number of aromatic carboxylic acids is 1. The first-order valence-corrected chi connectivity index (χ1v) is 7.61. The van der Waals surface area contributed by atoms with E-state index < -0.39 is 5.97 Å². The van der Waals surface area contributed by atoms with E-state index in [1.165, 1.54) is 44.2 Å². The summed E-state index contributed by atoms with van der Waals surface area (Å²) in [6, 6.07) is 5.81. The highest BCUT2D eigenvalue weighted by atomic mass is 16.4. The summed E-state index contributed by atoms with van der Waals surface area (Å²) in [6.07, 6.45) is 7.56. The first-order chi connectivity index (χ1) is 9.99. The average Bonchev–Trinajstić information content (AvgIpc) is 2.43. The van der Waals surface area contributed by atoms with Gasteiger partial charge in [0.2, 0.25) is 0 Å². The van der Waals surface area contributed by atoms with Crippen molar-refractivity contribution < 1.29 is 20.1 Å². The van der Waals surface area contributed by atoms with Gasteiger partial charge in [-0.25, -0.2) is 4.79 Å². The van der Waals surface area contributed by atoms with E-state index in [4.69, 9.17) is 15.3 Å². The Labute approximate surface area is 127 Å². The molecular weight excluding hydrogens is 268 g/mol. The number of benzene rings is 1. The molecule has 0 saturated carbocycles. The van der Waals surface area contributed by atoms with Crippen LogP contribution in [0.4, 0.5) is 0 Å². The molecule has 0 atom stereocenters. The maximum Gasteiger partial charge on any atom is 0.339 e. The highest BCUT2D eigenvalue weighted by Gasteiger charge is 2.05. The van der Waals surface area contributed by atoms with Gasteiger partial charge in [0, 0.05) is 6.61 Å². The van der Waals surface area contributed by atoms with Gasteiger partial charge < -0.3 is 15.3 Å². The Hall–Kier alpha value is -1.55. The molecular formula is C17H28O4. The summed E-state index contributed by atoms with van der Waals surface area (Å²) in [5.41, 5.74) is -0.0671. The number of aliphatic hydroxyl groups is 1. The van der Waals surface area contributed by atoms with Gasteiger partial charge in [-0.3, -0.25) is 0 Å². The fraction of sp³-hybridized carbons (Fsp3) is 0.588. The van der Waals surface area contributed by atoms with Crippen LogP contribution in [0.2, 0.25) is 0 Å². The number of carboxylic acid groups (broad SMARTS) is 1. The van der Waals surface area contributed by atoms with Gasteiger partial charge in [0.15, 0.2) is 0 Å². The van der Waals surface area contributed by atoms with Crippen molar-refractivity contribution in [1.82, 2.24) is 0 Å². The van der Waals surface area contributed by atoms with Gasteiger partial charge in [0.1, 0.15) is 11.3 Å². The molecule has 0 aliphatic carbocycles. The molecule has 1 aromatic carbocycles. The monoisotopic (exact) mass is 296 g/mol. The smallest absolute Gasteiger partial charge is 0.339 e. The zero-order chi connectivity index (χ0) is 16.1. The molecule has 0 saturated heterocycles. The molecule has 1 rings (SSSR count). The van der Waals surface area contributed by atoms with Gasteiger partial charge in [0.25, 0.3) is 0 Å². The van der Waals surface area contributed by atoms with Crippen LogP contribution in [0.3, 0.4) is 0 Å². The number of unbranched alkanes of at least 4 members (excludes halogenated alkanes) is 4. The summed E-state index contributed by atoms with van der Waals surface area (Å²) >= 11 is 0. The lowest BCUT2D eigenvalue weighted by atomic mass is 10.0. The van der Waals surface area contributed by atoms with Crippen molar-refractivity contribution in [1.29, 1.82) is 0 Å². The number of phenols is 1. The molecule has 120 valence electrons. The van der Waals surface area contributed by atoms with Crippen molar-refractivity contribution in [3.05, 3.63) is 29.8 Å². The molecule has 0 amide bonds. The topological polar surface area (TPSA) is 77.8 Å². The molecule has 0 spiro atoms. The molecule has 0 fully saturated rings. The van der Waals surface area contributed by atoms with E-state index in [1.807, 2.05) is 0 Å². The molecule has 3 N–H and O–H groups in total. The fourth-order valence-corrected chi connectivity index (χ4v) is 1.85. The predicted molar refractivity (Wildman–Crippen MR) is 84.7 cm³/mol. The summed E-state index contributed by atoms with van der Waals surface area (Å²) in [5.74, 6) is -0.457. The van der Waals surface area contributed by atoms with Gasteiger partial charge in [-0.15, -0.1) is 0 Å². The Bertz CT molecular complexity index is 388. The average molecular weight is 296 g/mol. The third-order valence-corrected chi connectivity index (χ3v) is 3.07. The predicted octanol–water partition coefficient (Wildman–Crippen LogP) is 4.07. The van der Waals surface area contributed by atoms with Crippen LogP contribution in [0, 0.1) is 5.92 Å². The van der Waals surface area contributed by atoms with Crippen molar-refractivity contribution in [3.8, 4) is 5.75 Å². The quantitative estimate of drug-likeness (QED) is 0.632. The van der Waals surface area contributed by atoms with Gasteiger partial charge in [-0.1, -0.05) is 58.1 Å². The minimum Gasteiger partial charge on any atom is -0.507 e. The van der Waals surface area contributed by atoms with Crippen LogP contribution in [0.1, 0.15) is 62.7 Å². The van der Waals surface area contributed by atoms with E-state index in [1.54, 1.807) is 12.1 Å². The second kappa shape index (κ2) is 12.2. The molecule has 0 unspecified atom stereocenters. The number of para-hydroxylation sites is 1. The molecule has 21 heavy (non-hydrogen) atoms. The number of carboxylic acids is 1. The van der Waals surface area contributed by atoms with Crippen LogP contribution in [0.25, 0.3) is 0 Å². The van der Waals surface area contributed by atoms with Crippen LogP contribution in [0.15, 0.2) is 24.3 Å². The Morgan fingerprint density at radius 2 is 1.62 bits per heavy atom. The fourth-order valence-electron chi connectivity index (χ4n) is 1.85. The standard InChI is InChI=1S/C10H22O.C7H6O3/c1-10(2)8-6-4-3-5-7-9-11;8-6-4-2-1-3-5(6)7(9)10/h10-11H,3-9H2,1-2H3;1-4,8H,(H,9,10). The minimum atomic E-state index is -1.11. The van der Waals surface area contributed by atoms with Crippen LogP contribution < -0.4 is 0 Å². The highest BCUT2D eigenvalue weighted by molar-refractivity contribution is 5.90. The number of rotatable bonds is 8. The molecule has 1 aromatic rings. The zero-order valence-corrected chi connectivity index (χ0v) is 13.1. The lowest BCUT2D eigenvalue weighted by Gasteiger charge is -2.03. The number of hydrogen-bond donors (Lipinski definition) is 3. The molecule has 0 heterocycles. The molecule has 0 aromatic heterocycles. The minimum absolute atomic E-state index is 0.0671. The molecule has 4 nitrogen and oxygen atoms in total. The number of aromatic hydroxyl groups is 1. The van der Waals surface area contributed by atoms with E-state index in [2.05, 4.69) is 13.8 Å². The van der Waals surface area contributed by atoms with Crippen LogP contribution in [-0.4, -0.2) is 27.9 Å². The van der Waals surface area contributed by atoms with Crippen molar-refractivity contribution in [3.63, 3.8) is 0 Å². The summed E-state index contributed by atoms with van der Waals surface area (Å²) in [7, 11) is 0. The van der Waals surface area contributed by atoms with E-state index in [0.29, 0.717) is 6.61 Å². The van der Waals surface area contributed by atoms with Crippen molar-refractivity contribution in [2.24, 2.45) is 5.92 Å². The molecule has 0 radical (unpaired) electrons. The van der Waals surface area contributed by atoms with Crippen molar-refractivity contribution >= 4 is 5.97 Å². The van der Waals surface area contributed by atoms with Gasteiger partial charge in [-0.05, 0) is 24.5 Å². The van der Waals surface area contributed by atoms with E-state index in [9.17, 15) is 4.79 Å². The van der Waals surface area contributed by atoms with E-state index in [0.717, 1.165) is 12.3 Å². The third-order valence-electron chi connectivity index (χ3n) is 3.07. The zero-order valence-electron chi connectivity index (χ0n) is 13.1. The Morgan fingerprint density at radius 3 is 2.10 bits per heavy atom. The lowest BCUT2D eigenvalue weighted by molar-refractivity contribution is 0.0693. The van der Waals surface area contributed by atoms with Gasteiger partial charge >= 0.3 is 5.97 Å². The first kappa shape index (κ1) is 19.4. The Kier molecular flexibility index (Phi) is 11.3. The van der Waals surface area contributed by atoms with Gasteiger partial charge in [0.05, 0.1) is 0 Å². The maximum atomic E-state index is 10.3. The normalized spacial score (nSPS) is 10.1. The molecule has 0 aliphatic rings. The number of hydrogen-bond acceptors (Lipinski definition) is 3. The summed E-state index contributed by atoms with van der Waals surface area (Å²) in [4.78, 5) is 10.3. The molecule has 0 bridgehead atoms. The molecule has 4 heteroatoms. The maximum absolute atomic E-state index is 10.3. The summed E-state index contributed by atoms with van der Waals surface area (Å²) in [6.45, 7) is 4.91. The third kappa shape index (κ3) is 10.9. The van der Waals surface area contributed by atoms with Crippen molar-refractivity contribution in [2.75, 3.05) is 6.61 Å². The second-order valence-electron chi connectivity index (χ2n) is 5.50. The van der Waals surface area contributed by atoms with E-state index >= 15 is 0 Å². The van der Waals surface area contributed by atoms with E-state index in [-0.39, 0.29) is 11.3 Å². The summed E-state index contributed by atoms with van der Waals surface area (Å²) < 4.78 is 0.